The zero-order valence-corrected chi connectivity index (χ0v) is 15.0. The van der Waals surface area contributed by atoms with Crippen LogP contribution in [0.1, 0.15) is 12.8 Å². The van der Waals surface area contributed by atoms with Gasteiger partial charge in [0, 0.05) is 26.2 Å². The molecular formula is C16H24Cl2FN3O2. The van der Waals surface area contributed by atoms with E-state index in [2.05, 4.69) is 10.2 Å². The fourth-order valence-electron chi connectivity index (χ4n) is 2.69. The van der Waals surface area contributed by atoms with E-state index in [-0.39, 0.29) is 35.1 Å². The van der Waals surface area contributed by atoms with Gasteiger partial charge in [-0.15, -0.1) is 12.4 Å². The van der Waals surface area contributed by atoms with Crippen LogP contribution in [0, 0.1) is 11.7 Å². The third kappa shape index (κ3) is 6.43. The minimum atomic E-state index is -0.385. The summed E-state index contributed by atoms with van der Waals surface area (Å²) in [5.41, 5.74) is 5.40. The Balaban J connectivity index is 0.00000288. The summed E-state index contributed by atoms with van der Waals surface area (Å²) in [5, 5.41) is 3.11. The van der Waals surface area contributed by atoms with Gasteiger partial charge in [-0.3, -0.25) is 9.69 Å². The fraction of sp³-hybridized carbons (Fsp3) is 0.562. The van der Waals surface area contributed by atoms with Gasteiger partial charge in [0.2, 0.25) is 5.91 Å². The number of likely N-dealkylation sites (tertiary alicyclic amines) is 1. The zero-order chi connectivity index (χ0) is 16.7. The molecule has 1 amide bonds. The van der Waals surface area contributed by atoms with Crippen molar-refractivity contribution in [3.05, 3.63) is 29.0 Å². The normalized spacial score (nSPS) is 17.9. The van der Waals surface area contributed by atoms with Crippen molar-refractivity contribution in [1.82, 2.24) is 10.2 Å². The Labute approximate surface area is 153 Å². The minimum Gasteiger partial charge on any atom is -0.491 e. The molecule has 1 atom stereocenters. The highest BCUT2D eigenvalue weighted by Crippen LogP contribution is 2.25. The summed E-state index contributed by atoms with van der Waals surface area (Å²) in [6.07, 6.45) is 1.88. The van der Waals surface area contributed by atoms with E-state index in [0.29, 0.717) is 32.0 Å². The maximum Gasteiger partial charge on any atom is 0.224 e. The van der Waals surface area contributed by atoms with Crippen molar-refractivity contribution in [2.75, 3.05) is 39.3 Å². The van der Waals surface area contributed by atoms with Gasteiger partial charge in [0.15, 0.2) is 0 Å². The number of piperidine rings is 1. The van der Waals surface area contributed by atoms with Crippen LogP contribution in [0.5, 0.6) is 5.75 Å². The maximum absolute atomic E-state index is 13.0. The van der Waals surface area contributed by atoms with E-state index in [4.69, 9.17) is 22.1 Å². The molecule has 5 nitrogen and oxygen atoms in total. The molecule has 0 aliphatic carbocycles. The molecule has 136 valence electrons. The molecule has 1 aliphatic heterocycles. The van der Waals surface area contributed by atoms with Gasteiger partial charge in [-0.25, -0.2) is 4.39 Å². The highest BCUT2D eigenvalue weighted by atomic mass is 35.5. The number of nitrogens with one attached hydrogen (secondary N) is 1. The lowest BCUT2D eigenvalue weighted by molar-refractivity contribution is -0.126. The van der Waals surface area contributed by atoms with Crippen LogP contribution in [-0.2, 0) is 4.79 Å². The van der Waals surface area contributed by atoms with Crippen molar-refractivity contribution in [2.45, 2.75) is 12.8 Å². The molecule has 1 fully saturated rings. The van der Waals surface area contributed by atoms with E-state index in [1.165, 1.54) is 18.2 Å². The molecular weight excluding hydrogens is 356 g/mol. The third-order valence-electron chi connectivity index (χ3n) is 3.88. The van der Waals surface area contributed by atoms with Crippen molar-refractivity contribution in [1.29, 1.82) is 0 Å². The standard InChI is InChI=1S/C16H23ClFN3O2.ClH/c17-14-10-13(18)3-4-15(14)23-9-8-21-7-1-2-12(11-21)16(22)20-6-5-19;/h3-4,10,12H,1-2,5-9,11,19H2,(H,20,22);1H. The largest absolute Gasteiger partial charge is 0.491 e. The molecule has 1 aliphatic rings. The number of hydrogen-bond acceptors (Lipinski definition) is 4. The number of rotatable bonds is 7. The fourth-order valence-corrected chi connectivity index (χ4v) is 2.91. The molecule has 0 aromatic heterocycles. The van der Waals surface area contributed by atoms with Gasteiger partial charge in [0.05, 0.1) is 10.9 Å². The molecule has 1 heterocycles. The highest BCUT2D eigenvalue weighted by Gasteiger charge is 2.25. The Morgan fingerprint density at radius 1 is 1.50 bits per heavy atom. The molecule has 1 aromatic carbocycles. The van der Waals surface area contributed by atoms with Gasteiger partial charge in [0.25, 0.3) is 0 Å². The molecule has 0 saturated carbocycles. The molecule has 3 N–H and O–H groups in total. The molecule has 24 heavy (non-hydrogen) atoms. The van der Waals surface area contributed by atoms with Crippen molar-refractivity contribution < 1.29 is 13.9 Å². The molecule has 0 spiro atoms. The summed E-state index contributed by atoms with van der Waals surface area (Å²) in [5.74, 6) is 0.166. The zero-order valence-electron chi connectivity index (χ0n) is 13.5. The van der Waals surface area contributed by atoms with E-state index in [9.17, 15) is 9.18 Å². The van der Waals surface area contributed by atoms with E-state index in [1.54, 1.807) is 0 Å². The van der Waals surface area contributed by atoms with Crippen LogP contribution < -0.4 is 15.8 Å². The Morgan fingerprint density at radius 2 is 2.29 bits per heavy atom. The summed E-state index contributed by atoms with van der Waals surface area (Å²) < 4.78 is 18.6. The number of benzene rings is 1. The van der Waals surface area contributed by atoms with Gasteiger partial charge < -0.3 is 15.8 Å². The van der Waals surface area contributed by atoms with Crippen LogP contribution in [-0.4, -0.2) is 50.1 Å². The number of halogens is 3. The summed E-state index contributed by atoms with van der Waals surface area (Å²) in [6.45, 7) is 3.78. The second-order valence-corrected chi connectivity index (χ2v) is 6.05. The summed E-state index contributed by atoms with van der Waals surface area (Å²) in [7, 11) is 0. The van der Waals surface area contributed by atoms with Crippen LogP contribution in [0.2, 0.25) is 5.02 Å². The topological polar surface area (TPSA) is 67.6 Å². The van der Waals surface area contributed by atoms with Gasteiger partial charge in [-0.05, 0) is 37.6 Å². The van der Waals surface area contributed by atoms with E-state index in [0.717, 1.165) is 25.9 Å². The van der Waals surface area contributed by atoms with Crippen molar-refractivity contribution in [2.24, 2.45) is 11.7 Å². The van der Waals surface area contributed by atoms with E-state index in [1.807, 2.05) is 0 Å². The lowest BCUT2D eigenvalue weighted by Gasteiger charge is -2.31. The minimum absolute atomic E-state index is 0. The summed E-state index contributed by atoms with van der Waals surface area (Å²) in [4.78, 5) is 14.2. The second kappa shape index (κ2) is 10.7. The molecule has 2 rings (SSSR count). The third-order valence-corrected chi connectivity index (χ3v) is 4.17. The number of nitrogens with two attached hydrogens (primary N) is 1. The van der Waals surface area contributed by atoms with Gasteiger partial charge in [-0.1, -0.05) is 11.6 Å². The molecule has 8 heteroatoms. The first kappa shape index (κ1) is 21.0. The van der Waals surface area contributed by atoms with Crippen LogP contribution in [0.4, 0.5) is 4.39 Å². The van der Waals surface area contributed by atoms with Crippen LogP contribution in [0.3, 0.4) is 0 Å². The Kier molecular flexibility index (Phi) is 9.36. The predicted octanol–water partition coefficient (Wildman–Crippen LogP) is 2.07. The second-order valence-electron chi connectivity index (χ2n) is 5.64. The number of hydrogen-bond donors (Lipinski definition) is 2. The van der Waals surface area contributed by atoms with Gasteiger partial charge in [-0.2, -0.15) is 0 Å². The lowest BCUT2D eigenvalue weighted by Crippen LogP contribution is -2.45. The van der Waals surface area contributed by atoms with Gasteiger partial charge >= 0.3 is 0 Å². The van der Waals surface area contributed by atoms with Crippen LogP contribution >= 0.6 is 24.0 Å². The molecule has 1 aromatic rings. The number of carbonyl (C=O) groups is 1. The monoisotopic (exact) mass is 379 g/mol. The SMILES string of the molecule is Cl.NCCNC(=O)C1CCCN(CCOc2ccc(F)cc2Cl)C1. The summed E-state index contributed by atoms with van der Waals surface area (Å²) in [6, 6.07) is 4.08. The number of carbonyl (C=O) groups excluding carboxylic acids is 1. The highest BCUT2D eigenvalue weighted by molar-refractivity contribution is 6.32. The number of amides is 1. The predicted molar refractivity (Wildman–Crippen MR) is 95.4 cm³/mol. The molecule has 0 bridgehead atoms. The molecule has 1 unspecified atom stereocenters. The Hall–Kier alpha value is -1.08. The quantitative estimate of drug-likeness (QED) is 0.760. The van der Waals surface area contributed by atoms with Crippen molar-refractivity contribution in [3.63, 3.8) is 0 Å². The Bertz CT molecular complexity index is 534. The lowest BCUT2D eigenvalue weighted by atomic mass is 9.97. The summed E-state index contributed by atoms with van der Waals surface area (Å²) >= 11 is 5.92. The van der Waals surface area contributed by atoms with Crippen molar-refractivity contribution in [3.8, 4) is 5.75 Å². The van der Waals surface area contributed by atoms with Crippen LogP contribution in [0.15, 0.2) is 18.2 Å². The first-order chi connectivity index (χ1) is 11.1. The smallest absolute Gasteiger partial charge is 0.224 e. The maximum atomic E-state index is 13.0. The van der Waals surface area contributed by atoms with E-state index >= 15 is 0 Å². The average Bonchev–Trinajstić information content (AvgIpc) is 2.55. The van der Waals surface area contributed by atoms with Crippen molar-refractivity contribution >= 4 is 29.9 Å². The van der Waals surface area contributed by atoms with E-state index < -0.39 is 0 Å². The molecule has 0 radical (unpaired) electrons. The number of nitrogens with zero attached hydrogens (tertiary/aromatic N) is 1. The average molecular weight is 380 g/mol. The number of ether oxygens (including phenoxy) is 1. The first-order valence-corrected chi connectivity index (χ1v) is 8.26. The van der Waals surface area contributed by atoms with Crippen LogP contribution in [0.25, 0.3) is 0 Å². The molecule has 1 saturated heterocycles. The first-order valence-electron chi connectivity index (χ1n) is 7.88. The van der Waals surface area contributed by atoms with Gasteiger partial charge in [0.1, 0.15) is 18.2 Å². The Morgan fingerprint density at radius 3 is 3.00 bits per heavy atom.